The van der Waals surface area contributed by atoms with Crippen LogP contribution in [0.1, 0.15) is 24.3 Å². The van der Waals surface area contributed by atoms with E-state index in [4.69, 9.17) is 10.5 Å². The third-order valence-corrected chi connectivity index (χ3v) is 3.57. The highest BCUT2D eigenvalue weighted by atomic mass is 16.5. The fourth-order valence-electron chi connectivity index (χ4n) is 2.52. The average molecular weight is 221 g/mol. The standard InChI is InChI=1S/C13H19NO2/c1-16-12-4-2-9(3-5-12)10-6-11(8-15)13(14)7-10/h2-5,10-11,13,15H,6-8,14H2,1H3/t10-,11-,13+/m1/s1. The van der Waals surface area contributed by atoms with Crippen LogP contribution in [-0.2, 0) is 0 Å². The zero-order chi connectivity index (χ0) is 11.5. The molecular weight excluding hydrogens is 202 g/mol. The largest absolute Gasteiger partial charge is 0.497 e. The monoisotopic (exact) mass is 221 g/mol. The lowest BCUT2D eigenvalue weighted by molar-refractivity contribution is 0.217. The van der Waals surface area contributed by atoms with Gasteiger partial charge in [-0.2, -0.15) is 0 Å². The minimum Gasteiger partial charge on any atom is -0.497 e. The first-order valence-corrected chi connectivity index (χ1v) is 5.75. The lowest BCUT2D eigenvalue weighted by Gasteiger charge is -2.10. The Morgan fingerprint density at radius 1 is 1.31 bits per heavy atom. The zero-order valence-electron chi connectivity index (χ0n) is 9.60. The Morgan fingerprint density at radius 3 is 2.50 bits per heavy atom. The van der Waals surface area contributed by atoms with Crippen molar-refractivity contribution in [1.29, 1.82) is 0 Å². The van der Waals surface area contributed by atoms with Gasteiger partial charge >= 0.3 is 0 Å². The highest BCUT2D eigenvalue weighted by Gasteiger charge is 2.31. The number of methoxy groups -OCH3 is 1. The average Bonchev–Trinajstić information content (AvgIpc) is 2.71. The van der Waals surface area contributed by atoms with Crippen molar-refractivity contribution < 1.29 is 9.84 Å². The van der Waals surface area contributed by atoms with Crippen molar-refractivity contribution in [2.24, 2.45) is 11.7 Å². The van der Waals surface area contributed by atoms with Gasteiger partial charge in [0.1, 0.15) is 5.75 Å². The summed E-state index contributed by atoms with van der Waals surface area (Å²) in [5, 5.41) is 9.18. The van der Waals surface area contributed by atoms with Crippen LogP contribution in [0, 0.1) is 5.92 Å². The molecule has 0 aromatic heterocycles. The topological polar surface area (TPSA) is 55.5 Å². The lowest BCUT2D eigenvalue weighted by Crippen LogP contribution is -2.26. The van der Waals surface area contributed by atoms with Gasteiger partial charge in [0.15, 0.2) is 0 Å². The molecule has 3 atom stereocenters. The second-order valence-electron chi connectivity index (χ2n) is 4.55. The van der Waals surface area contributed by atoms with Gasteiger partial charge in [-0.25, -0.2) is 0 Å². The van der Waals surface area contributed by atoms with Gasteiger partial charge in [-0.3, -0.25) is 0 Å². The van der Waals surface area contributed by atoms with Gasteiger partial charge in [0.2, 0.25) is 0 Å². The number of rotatable bonds is 3. The van der Waals surface area contributed by atoms with Crippen LogP contribution in [-0.4, -0.2) is 24.9 Å². The van der Waals surface area contributed by atoms with E-state index in [1.807, 2.05) is 12.1 Å². The summed E-state index contributed by atoms with van der Waals surface area (Å²) < 4.78 is 5.13. The molecule has 1 fully saturated rings. The second kappa shape index (κ2) is 4.85. The summed E-state index contributed by atoms with van der Waals surface area (Å²) in [7, 11) is 1.67. The fraction of sp³-hybridized carbons (Fsp3) is 0.538. The van der Waals surface area contributed by atoms with E-state index in [0.717, 1.165) is 18.6 Å². The molecule has 1 aliphatic rings. The summed E-state index contributed by atoms with van der Waals surface area (Å²) in [4.78, 5) is 0. The first-order valence-electron chi connectivity index (χ1n) is 5.75. The quantitative estimate of drug-likeness (QED) is 0.813. The number of nitrogens with two attached hydrogens (primary N) is 1. The van der Waals surface area contributed by atoms with E-state index in [0.29, 0.717) is 5.92 Å². The van der Waals surface area contributed by atoms with E-state index in [-0.39, 0.29) is 18.6 Å². The fourth-order valence-corrected chi connectivity index (χ4v) is 2.52. The summed E-state index contributed by atoms with van der Waals surface area (Å²) in [5.74, 6) is 1.62. The molecule has 0 heterocycles. The van der Waals surface area contributed by atoms with Crippen LogP contribution in [0.25, 0.3) is 0 Å². The van der Waals surface area contributed by atoms with Crippen LogP contribution in [0.2, 0.25) is 0 Å². The van der Waals surface area contributed by atoms with Gasteiger partial charge in [0.05, 0.1) is 7.11 Å². The highest BCUT2D eigenvalue weighted by Crippen LogP contribution is 2.37. The molecule has 0 spiro atoms. The van der Waals surface area contributed by atoms with E-state index < -0.39 is 0 Å². The third-order valence-electron chi connectivity index (χ3n) is 3.57. The number of aliphatic hydroxyl groups is 1. The predicted octanol–water partition coefficient (Wildman–Crippen LogP) is 1.51. The first-order chi connectivity index (χ1) is 7.74. The van der Waals surface area contributed by atoms with Gasteiger partial charge in [-0.05, 0) is 42.4 Å². The third kappa shape index (κ3) is 2.20. The SMILES string of the molecule is COc1ccc([C@@H]2C[C@H](CO)[C@@H](N)C2)cc1. The molecular formula is C13H19NO2. The minimum absolute atomic E-state index is 0.136. The van der Waals surface area contributed by atoms with Gasteiger partial charge < -0.3 is 15.6 Å². The Kier molecular flexibility index (Phi) is 3.46. The summed E-state index contributed by atoms with van der Waals surface area (Å²) in [5.41, 5.74) is 7.29. The molecule has 0 aliphatic heterocycles. The smallest absolute Gasteiger partial charge is 0.118 e. The van der Waals surface area contributed by atoms with Crippen LogP contribution in [0.5, 0.6) is 5.75 Å². The molecule has 1 aromatic rings. The Bertz CT molecular complexity index is 336. The van der Waals surface area contributed by atoms with Crippen molar-refractivity contribution in [1.82, 2.24) is 0 Å². The number of hydrogen-bond acceptors (Lipinski definition) is 3. The summed E-state index contributed by atoms with van der Waals surface area (Å²) in [6.45, 7) is 0.202. The first kappa shape index (κ1) is 11.4. The van der Waals surface area contributed by atoms with Gasteiger partial charge in [-0.1, -0.05) is 12.1 Å². The van der Waals surface area contributed by atoms with Crippen molar-refractivity contribution in [3.8, 4) is 5.75 Å². The second-order valence-corrected chi connectivity index (χ2v) is 4.55. The van der Waals surface area contributed by atoms with Gasteiger partial charge in [0, 0.05) is 12.6 Å². The number of benzene rings is 1. The van der Waals surface area contributed by atoms with Crippen molar-refractivity contribution in [3.05, 3.63) is 29.8 Å². The molecule has 88 valence electrons. The Labute approximate surface area is 96.2 Å². The molecule has 0 radical (unpaired) electrons. The van der Waals surface area contributed by atoms with Crippen LogP contribution in [0.3, 0.4) is 0 Å². The van der Waals surface area contributed by atoms with Crippen LogP contribution >= 0.6 is 0 Å². The number of aliphatic hydroxyl groups excluding tert-OH is 1. The summed E-state index contributed by atoms with van der Waals surface area (Å²) in [6.07, 6.45) is 1.96. The molecule has 1 aromatic carbocycles. The molecule has 2 rings (SSSR count). The maximum absolute atomic E-state index is 9.18. The van der Waals surface area contributed by atoms with Gasteiger partial charge in [-0.15, -0.1) is 0 Å². The maximum atomic E-state index is 9.18. The zero-order valence-corrected chi connectivity index (χ0v) is 9.60. The Morgan fingerprint density at radius 2 is 2.00 bits per heavy atom. The normalized spacial score (nSPS) is 29.3. The van der Waals surface area contributed by atoms with E-state index in [9.17, 15) is 5.11 Å². The van der Waals surface area contributed by atoms with Crippen molar-refractivity contribution in [3.63, 3.8) is 0 Å². The van der Waals surface area contributed by atoms with E-state index in [1.165, 1.54) is 5.56 Å². The molecule has 16 heavy (non-hydrogen) atoms. The molecule has 0 bridgehead atoms. The molecule has 3 heteroatoms. The Balaban J connectivity index is 2.08. The van der Waals surface area contributed by atoms with E-state index in [2.05, 4.69) is 12.1 Å². The van der Waals surface area contributed by atoms with Gasteiger partial charge in [0.25, 0.3) is 0 Å². The molecule has 3 N–H and O–H groups in total. The van der Waals surface area contributed by atoms with Crippen LogP contribution in [0.4, 0.5) is 0 Å². The minimum atomic E-state index is 0.136. The summed E-state index contributed by atoms with van der Waals surface area (Å²) in [6, 6.07) is 8.28. The highest BCUT2D eigenvalue weighted by molar-refractivity contribution is 5.30. The van der Waals surface area contributed by atoms with Crippen LogP contribution < -0.4 is 10.5 Å². The van der Waals surface area contributed by atoms with E-state index in [1.54, 1.807) is 7.11 Å². The van der Waals surface area contributed by atoms with Crippen molar-refractivity contribution in [2.45, 2.75) is 24.8 Å². The molecule has 0 unspecified atom stereocenters. The molecule has 1 aliphatic carbocycles. The molecule has 0 saturated heterocycles. The Hall–Kier alpha value is -1.06. The number of hydrogen-bond donors (Lipinski definition) is 2. The molecule has 0 amide bonds. The predicted molar refractivity (Wildman–Crippen MR) is 63.5 cm³/mol. The van der Waals surface area contributed by atoms with Crippen molar-refractivity contribution >= 4 is 0 Å². The van der Waals surface area contributed by atoms with Crippen LogP contribution in [0.15, 0.2) is 24.3 Å². The molecule has 3 nitrogen and oxygen atoms in total. The molecule has 1 saturated carbocycles. The summed E-state index contributed by atoms with van der Waals surface area (Å²) >= 11 is 0. The van der Waals surface area contributed by atoms with E-state index >= 15 is 0 Å². The van der Waals surface area contributed by atoms with Crippen molar-refractivity contribution in [2.75, 3.05) is 13.7 Å². The maximum Gasteiger partial charge on any atom is 0.118 e. The lowest BCUT2D eigenvalue weighted by atomic mass is 9.96. The number of ether oxygens (including phenoxy) is 1.